The van der Waals surface area contributed by atoms with Gasteiger partial charge in [0, 0.05) is 18.5 Å². The summed E-state index contributed by atoms with van der Waals surface area (Å²) in [5.74, 6) is 1.64. The Bertz CT molecular complexity index is 313. The predicted octanol–water partition coefficient (Wildman–Crippen LogP) is 3.39. The summed E-state index contributed by atoms with van der Waals surface area (Å²) in [6, 6.07) is 0. The number of aromatic nitrogens is 1. The number of thiazole rings is 1. The van der Waals surface area contributed by atoms with E-state index in [1.54, 1.807) is 11.3 Å². The molecular weight excluding hydrogens is 260 g/mol. The fourth-order valence-corrected chi connectivity index (χ4v) is 3.11. The highest BCUT2D eigenvalue weighted by atomic mass is 79.9. The van der Waals surface area contributed by atoms with Crippen LogP contribution in [0.25, 0.3) is 0 Å². The highest BCUT2D eigenvalue weighted by Crippen LogP contribution is 2.30. The van der Waals surface area contributed by atoms with Crippen LogP contribution in [0.3, 0.4) is 0 Å². The highest BCUT2D eigenvalue weighted by Gasteiger charge is 2.24. The molecule has 1 aromatic heterocycles. The predicted molar refractivity (Wildman–Crippen MR) is 65.0 cm³/mol. The van der Waals surface area contributed by atoms with Crippen LogP contribution in [-0.4, -0.2) is 18.1 Å². The molecule has 1 fully saturated rings. The van der Waals surface area contributed by atoms with Crippen molar-refractivity contribution in [1.29, 1.82) is 0 Å². The first kappa shape index (κ1) is 10.4. The van der Waals surface area contributed by atoms with Gasteiger partial charge < -0.3 is 4.90 Å². The molecular formula is C10H15BrN2S. The Labute approximate surface area is 97.5 Å². The van der Waals surface area contributed by atoms with Gasteiger partial charge in [0.15, 0.2) is 5.13 Å². The van der Waals surface area contributed by atoms with E-state index >= 15 is 0 Å². The standard InChI is InChI=1S/C10H15BrN2S/c1-7-3-4-13(5-8(7)2)10-12-9(11)6-14-10/h6-8H,3-5H2,1-2H3. The van der Waals surface area contributed by atoms with Gasteiger partial charge in [0.05, 0.1) is 0 Å². The number of nitrogens with zero attached hydrogens (tertiary/aromatic N) is 2. The van der Waals surface area contributed by atoms with Crippen molar-refractivity contribution in [2.24, 2.45) is 11.8 Å². The van der Waals surface area contributed by atoms with Gasteiger partial charge in [-0.25, -0.2) is 4.98 Å². The second-order valence-corrected chi connectivity index (χ2v) is 5.79. The van der Waals surface area contributed by atoms with E-state index in [-0.39, 0.29) is 0 Å². The average molecular weight is 275 g/mol. The summed E-state index contributed by atoms with van der Waals surface area (Å²) in [4.78, 5) is 6.86. The number of hydrogen-bond acceptors (Lipinski definition) is 3. The molecule has 0 N–H and O–H groups in total. The first-order valence-electron chi connectivity index (χ1n) is 5.03. The number of anilines is 1. The largest absolute Gasteiger partial charge is 0.348 e. The first-order valence-corrected chi connectivity index (χ1v) is 6.70. The summed E-state index contributed by atoms with van der Waals surface area (Å²) in [6.07, 6.45) is 1.29. The Morgan fingerprint density at radius 1 is 1.50 bits per heavy atom. The van der Waals surface area contributed by atoms with Gasteiger partial charge in [0.2, 0.25) is 0 Å². The van der Waals surface area contributed by atoms with Gasteiger partial charge in [0.25, 0.3) is 0 Å². The number of hydrogen-bond donors (Lipinski definition) is 0. The molecule has 0 aromatic carbocycles. The Hall–Kier alpha value is -0.0900. The van der Waals surface area contributed by atoms with Gasteiger partial charge >= 0.3 is 0 Å². The molecule has 2 rings (SSSR count). The lowest BCUT2D eigenvalue weighted by Crippen LogP contribution is -2.38. The van der Waals surface area contributed by atoms with E-state index in [0.717, 1.165) is 34.7 Å². The lowest BCUT2D eigenvalue weighted by Gasteiger charge is -2.35. The number of rotatable bonds is 1. The molecule has 0 saturated carbocycles. The molecule has 1 saturated heterocycles. The lowest BCUT2D eigenvalue weighted by molar-refractivity contribution is 0.324. The summed E-state index contributed by atoms with van der Waals surface area (Å²) in [7, 11) is 0. The topological polar surface area (TPSA) is 16.1 Å². The van der Waals surface area contributed by atoms with Gasteiger partial charge in [-0.1, -0.05) is 13.8 Å². The van der Waals surface area contributed by atoms with Crippen LogP contribution in [0.4, 0.5) is 5.13 Å². The maximum absolute atomic E-state index is 4.45. The van der Waals surface area contributed by atoms with E-state index in [2.05, 4.69) is 45.0 Å². The Morgan fingerprint density at radius 2 is 2.29 bits per heavy atom. The molecule has 4 heteroatoms. The summed E-state index contributed by atoms with van der Waals surface area (Å²) < 4.78 is 0.962. The van der Waals surface area contributed by atoms with Crippen LogP contribution in [0.1, 0.15) is 20.3 Å². The third-order valence-corrected chi connectivity index (χ3v) is 4.68. The van der Waals surface area contributed by atoms with Crippen LogP contribution in [0.5, 0.6) is 0 Å². The smallest absolute Gasteiger partial charge is 0.186 e. The van der Waals surface area contributed by atoms with E-state index in [9.17, 15) is 0 Å². The molecule has 0 spiro atoms. The minimum absolute atomic E-state index is 0.784. The van der Waals surface area contributed by atoms with Gasteiger partial charge in [-0.15, -0.1) is 11.3 Å². The normalized spacial score (nSPS) is 28.1. The van der Waals surface area contributed by atoms with E-state index in [1.165, 1.54) is 6.42 Å². The molecule has 0 bridgehead atoms. The molecule has 1 aliphatic rings. The molecule has 0 aliphatic carbocycles. The molecule has 2 heterocycles. The van der Waals surface area contributed by atoms with Crippen LogP contribution in [0.15, 0.2) is 9.98 Å². The van der Waals surface area contributed by atoms with Crippen LogP contribution in [0, 0.1) is 11.8 Å². The van der Waals surface area contributed by atoms with Crippen LogP contribution in [-0.2, 0) is 0 Å². The van der Waals surface area contributed by atoms with E-state index in [0.29, 0.717) is 0 Å². The fourth-order valence-electron chi connectivity index (χ4n) is 1.83. The van der Waals surface area contributed by atoms with Crippen molar-refractivity contribution in [3.63, 3.8) is 0 Å². The second kappa shape index (κ2) is 4.19. The molecule has 2 unspecified atom stereocenters. The zero-order valence-electron chi connectivity index (χ0n) is 8.53. The van der Waals surface area contributed by atoms with Crippen molar-refractivity contribution in [3.05, 3.63) is 9.98 Å². The number of halogens is 1. The van der Waals surface area contributed by atoms with E-state index in [1.807, 2.05) is 0 Å². The minimum Gasteiger partial charge on any atom is -0.348 e. The quantitative estimate of drug-likeness (QED) is 0.781. The summed E-state index contributed by atoms with van der Waals surface area (Å²) in [5, 5.41) is 3.22. The molecule has 2 atom stereocenters. The third kappa shape index (κ3) is 2.11. The molecule has 0 radical (unpaired) electrons. The van der Waals surface area contributed by atoms with Gasteiger partial charge in [-0.05, 0) is 34.2 Å². The Balaban J connectivity index is 2.06. The maximum Gasteiger partial charge on any atom is 0.186 e. The van der Waals surface area contributed by atoms with E-state index < -0.39 is 0 Å². The fraction of sp³-hybridized carbons (Fsp3) is 0.700. The van der Waals surface area contributed by atoms with Crippen molar-refractivity contribution < 1.29 is 0 Å². The Morgan fingerprint density at radius 3 is 2.86 bits per heavy atom. The van der Waals surface area contributed by atoms with Crippen molar-refractivity contribution in [2.45, 2.75) is 20.3 Å². The zero-order valence-corrected chi connectivity index (χ0v) is 10.9. The second-order valence-electron chi connectivity index (χ2n) is 4.14. The molecule has 1 aromatic rings. The van der Waals surface area contributed by atoms with Crippen molar-refractivity contribution in [3.8, 4) is 0 Å². The monoisotopic (exact) mass is 274 g/mol. The summed E-state index contributed by atoms with van der Waals surface area (Å²) in [6.45, 7) is 6.99. The molecule has 1 aliphatic heterocycles. The molecule has 2 nitrogen and oxygen atoms in total. The van der Waals surface area contributed by atoms with Gasteiger partial charge in [-0.2, -0.15) is 0 Å². The lowest BCUT2D eigenvalue weighted by atomic mass is 9.89. The highest BCUT2D eigenvalue weighted by molar-refractivity contribution is 9.10. The maximum atomic E-state index is 4.45. The molecule has 78 valence electrons. The zero-order chi connectivity index (χ0) is 10.1. The number of piperidine rings is 1. The van der Waals surface area contributed by atoms with Crippen molar-refractivity contribution in [2.75, 3.05) is 18.0 Å². The molecule has 14 heavy (non-hydrogen) atoms. The minimum atomic E-state index is 0.784. The van der Waals surface area contributed by atoms with E-state index in [4.69, 9.17) is 0 Å². The van der Waals surface area contributed by atoms with Crippen molar-refractivity contribution in [1.82, 2.24) is 4.98 Å². The molecule has 0 amide bonds. The summed E-state index contributed by atoms with van der Waals surface area (Å²) in [5.41, 5.74) is 0. The van der Waals surface area contributed by atoms with Gasteiger partial charge in [0.1, 0.15) is 4.60 Å². The first-order chi connectivity index (χ1) is 6.66. The SMILES string of the molecule is CC1CCN(c2nc(Br)cs2)CC1C. The van der Waals surface area contributed by atoms with Crippen LogP contribution in [0.2, 0.25) is 0 Å². The Kier molecular flexibility index (Phi) is 3.12. The van der Waals surface area contributed by atoms with Crippen LogP contribution >= 0.6 is 27.3 Å². The van der Waals surface area contributed by atoms with Crippen molar-refractivity contribution >= 4 is 32.4 Å². The third-order valence-electron chi connectivity index (χ3n) is 3.07. The van der Waals surface area contributed by atoms with Crippen LogP contribution < -0.4 is 4.90 Å². The van der Waals surface area contributed by atoms with Gasteiger partial charge in [-0.3, -0.25) is 0 Å². The average Bonchev–Trinajstić information content (AvgIpc) is 2.57. The summed E-state index contributed by atoms with van der Waals surface area (Å²) >= 11 is 5.13.